The maximum atomic E-state index is 13.0. The van der Waals surface area contributed by atoms with Gasteiger partial charge in [0.2, 0.25) is 5.91 Å². The molecule has 2 aromatic carbocycles. The van der Waals surface area contributed by atoms with Crippen LogP contribution in [0.15, 0.2) is 48.5 Å². The summed E-state index contributed by atoms with van der Waals surface area (Å²) in [4.78, 5) is 38.1. The first-order chi connectivity index (χ1) is 14.5. The lowest BCUT2D eigenvalue weighted by atomic mass is 10.1. The van der Waals surface area contributed by atoms with Crippen molar-refractivity contribution >= 4 is 28.5 Å². The highest BCUT2D eigenvalue weighted by atomic mass is 19.1. The average molecular weight is 406 g/mol. The molecule has 0 aliphatic carbocycles. The number of rotatable bonds is 5. The van der Waals surface area contributed by atoms with Gasteiger partial charge in [0.1, 0.15) is 5.82 Å². The number of benzene rings is 2. The van der Waals surface area contributed by atoms with Gasteiger partial charge in [-0.05, 0) is 43.3 Å². The number of piperazine rings is 1. The van der Waals surface area contributed by atoms with Gasteiger partial charge < -0.3 is 9.80 Å². The number of Topliss-reactive ketones (excluding diaryl/α,β-unsaturated/α-hetero) is 1. The first kappa shape index (κ1) is 19.9. The van der Waals surface area contributed by atoms with Gasteiger partial charge in [0.25, 0.3) is 0 Å². The van der Waals surface area contributed by atoms with E-state index in [4.69, 9.17) is 4.98 Å². The Labute approximate surface area is 174 Å². The molecule has 0 atom stereocenters. The molecule has 0 radical (unpaired) electrons. The van der Waals surface area contributed by atoms with Crippen LogP contribution in [0, 0.1) is 12.7 Å². The first-order valence-electron chi connectivity index (χ1n) is 10.1. The SMILES string of the molecule is Cc1nc2ccccc2nc1N1CCN(C(=O)CCC(=O)c2ccc(F)cc2)CC1. The molecule has 1 fully saturated rings. The number of carbonyl (C=O) groups excluding carboxylic acids is 2. The van der Waals surface area contributed by atoms with E-state index in [1.54, 1.807) is 4.90 Å². The standard InChI is InChI=1S/C23H23FN4O2/c1-16-23(26-20-5-3-2-4-19(20)25-16)28-14-12-27(13-15-28)22(30)11-10-21(29)17-6-8-18(24)9-7-17/h2-9H,10-15H2,1H3. The van der Waals surface area contributed by atoms with Gasteiger partial charge >= 0.3 is 0 Å². The predicted octanol–water partition coefficient (Wildman–Crippen LogP) is 3.39. The Balaban J connectivity index is 1.33. The van der Waals surface area contributed by atoms with Crippen LogP contribution in [0.1, 0.15) is 28.9 Å². The smallest absolute Gasteiger partial charge is 0.223 e. The second-order valence-corrected chi connectivity index (χ2v) is 7.42. The van der Waals surface area contributed by atoms with Crippen molar-refractivity contribution in [1.29, 1.82) is 0 Å². The van der Waals surface area contributed by atoms with Gasteiger partial charge in [-0.1, -0.05) is 12.1 Å². The van der Waals surface area contributed by atoms with E-state index in [0.717, 1.165) is 22.5 Å². The van der Waals surface area contributed by atoms with Crippen LogP contribution in [0.25, 0.3) is 11.0 Å². The molecule has 0 unspecified atom stereocenters. The number of carbonyl (C=O) groups is 2. The Kier molecular flexibility index (Phi) is 5.70. The fourth-order valence-electron chi connectivity index (χ4n) is 3.70. The van der Waals surface area contributed by atoms with Gasteiger partial charge in [-0.2, -0.15) is 0 Å². The number of aryl methyl sites for hydroxylation is 1. The Morgan fingerprint density at radius 3 is 2.20 bits per heavy atom. The van der Waals surface area contributed by atoms with Crippen LogP contribution in [-0.2, 0) is 4.79 Å². The van der Waals surface area contributed by atoms with Crippen molar-refractivity contribution in [2.75, 3.05) is 31.1 Å². The van der Waals surface area contributed by atoms with E-state index in [9.17, 15) is 14.0 Å². The van der Waals surface area contributed by atoms with Crippen LogP contribution < -0.4 is 4.90 Å². The molecular formula is C23H23FN4O2. The van der Waals surface area contributed by atoms with E-state index < -0.39 is 0 Å². The second kappa shape index (κ2) is 8.57. The lowest BCUT2D eigenvalue weighted by molar-refractivity contribution is -0.131. The number of nitrogens with zero attached hydrogens (tertiary/aromatic N) is 4. The lowest BCUT2D eigenvalue weighted by Crippen LogP contribution is -2.49. The molecule has 6 nitrogen and oxygen atoms in total. The monoisotopic (exact) mass is 406 g/mol. The summed E-state index contributed by atoms with van der Waals surface area (Å²) in [5, 5.41) is 0. The summed E-state index contributed by atoms with van der Waals surface area (Å²) < 4.78 is 13.0. The number of hydrogen-bond acceptors (Lipinski definition) is 5. The van der Waals surface area contributed by atoms with Crippen molar-refractivity contribution in [2.45, 2.75) is 19.8 Å². The van der Waals surface area contributed by atoms with Gasteiger partial charge in [0.15, 0.2) is 11.6 Å². The summed E-state index contributed by atoms with van der Waals surface area (Å²) in [5.41, 5.74) is 3.03. The van der Waals surface area contributed by atoms with Gasteiger partial charge in [0.05, 0.1) is 16.7 Å². The third kappa shape index (κ3) is 4.30. The summed E-state index contributed by atoms with van der Waals surface area (Å²) in [7, 11) is 0. The molecule has 154 valence electrons. The van der Waals surface area contributed by atoms with E-state index in [0.29, 0.717) is 31.7 Å². The fraction of sp³-hybridized carbons (Fsp3) is 0.304. The highest BCUT2D eigenvalue weighted by Crippen LogP contribution is 2.21. The van der Waals surface area contributed by atoms with E-state index in [2.05, 4.69) is 9.88 Å². The largest absolute Gasteiger partial charge is 0.352 e. The number of ketones is 1. The Hall–Kier alpha value is -3.35. The van der Waals surface area contributed by atoms with Crippen molar-refractivity contribution in [3.8, 4) is 0 Å². The molecule has 4 rings (SSSR count). The van der Waals surface area contributed by atoms with Crippen molar-refractivity contribution in [3.05, 3.63) is 65.6 Å². The zero-order valence-corrected chi connectivity index (χ0v) is 16.8. The van der Waals surface area contributed by atoms with Crippen LogP contribution in [0.5, 0.6) is 0 Å². The van der Waals surface area contributed by atoms with Crippen LogP contribution in [-0.4, -0.2) is 52.7 Å². The third-order valence-electron chi connectivity index (χ3n) is 5.38. The van der Waals surface area contributed by atoms with E-state index >= 15 is 0 Å². The van der Waals surface area contributed by atoms with Gasteiger partial charge in [-0.3, -0.25) is 9.59 Å². The van der Waals surface area contributed by atoms with E-state index in [1.165, 1.54) is 24.3 Å². The molecule has 1 aliphatic heterocycles. The number of hydrogen-bond donors (Lipinski definition) is 0. The summed E-state index contributed by atoms with van der Waals surface area (Å²) in [5.74, 6) is 0.287. The van der Waals surface area contributed by atoms with Crippen LogP contribution in [0.4, 0.5) is 10.2 Å². The molecule has 1 amide bonds. The number of halogens is 1. The average Bonchev–Trinajstić information content (AvgIpc) is 2.77. The van der Waals surface area contributed by atoms with Gasteiger partial charge in [-0.25, -0.2) is 14.4 Å². The molecule has 1 aliphatic rings. The van der Waals surface area contributed by atoms with E-state index in [-0.39, 0.29) is 30.3 Å². The molecule has 0 spiro atoms. The normalized spacial score (nSPS) is 14.2. The molecule has 1 saturated heterocycles. The van der Waals surface area contributed by atoms with Crippen molar-refractivity contribution in [2.24, 2.45) is 0 Å². The number of anilines is 1. The first-order valence-corrected chi connectivity index (χ1v) is 10.1. The molecule has 0 N–H and O–H groups in total. The van der Waals surface area contributed by atoms with Crippen LogP contribution in [0.2, 0.25) is 0 Å². The maximum absolute atomic E-state index is 13.0. The summed E-state index contributed by atoms with van der Waals surface area (Å²) in [6.45, 7) is 4.46. The number of fused-ring (bicyclic) bond motifs is 1. The molecule has 2 heterocycles. The third-order valence-corrected chi connectivity index (χ3v) is 5.38. The van der Waals surface area contributed by atoms with Crippen molar-refractivity contribution in [1.82, 2.24) is 14.9 Å². The van der Waals surface area contributed by atoms with Gasteiger partial charge in [-0.15, -0.1) is 0 Å². The maximum Gasteiger partial charge on any atom is 0.223 e. The number of amides is 1. The topological polar surface area (TPSA) is 66.4 Å². The molecule has 1 aromatic heterocycles. The van der Waals surface area contributed by atoms with Crippen LogP contribution >= 0.6 is 0 Å². The van der Waals surface area contributed by atoms with Crippen molar-refractivity contribution in [3.63, 3.8) is 0 Å². The van der Waals surface area contributed by atoms with E-state index in [1.807, 2.05) is 31.2 Å². The molecule has 3 aromatic rings. The summed E-state index contributed by atoms with van der Waals surface area (Å²) >= 11 is 0. The highest BCUT2D eigenvalue weighted by molar-refractivity contribution is 5.97. The molecule has 0 saturated carbocycles. The fourth-order valence-corrected chi connectivity index (χ4v) is 3.70. The number of para-hydroxylation sites is 2. The van der Waals surface area contributed by atoms with Crippen LogP contribution in [0.3, 0.4) is 0 Å². The molecule has 7 heteroatoms. The van der Waals surface area contributed by atoms with Gasteiger partial charge in [0, 0.05) is 44.6 Å². The minimum absolute atomic E-state index is 0.0357. The minimum atomic E-state index is -0.383. The summed E-state index contributed by atoms with van der Waals surface area (Å²) in [6, 6.07) is 13.2. The Bertz CT molecular complexity index is 1080. The molecule has 0 bridgehead atoms. The predicted molar refractivity (Wildman–Crippen MR) is 113 cm³/mol. The second-order valence-electron chi connectivity index (χ2n) is 7.42. The Morgan fingerprint density at radius 2 is 1.53 bits per heavy atom. The minimum Gasteiger partial charge on any atom is -0.352 e. The zero-order valence-electron chi connectivity index (χ0n) is 16.8. The number of aromatic nitrogens is 2. The lowest BCUT2D eigenvalue weighted by Gasteiger charge is -2.36. The quantitative estimate of drug-likeness (QED) is 0.608. The molecule has 30 heavy (non-hydrogen) atoms. The highest BCUT2D eigenvalue weighted by Gasteiger charge is 2.24. The van der Waals surface area contributed by atoms with Crippen molar-refractivity contribution < 1.29 is 14.0 Å². The summed E-state index contributed by atoms with van der Waals surface area (Å²) in [6.07, 6.45) is 0.283. The zero-order chi connectivity index (χ0) is 21.1. The Morgan fingerprint density at radius 1 is 0.900 bits per heavy atom. The molecular weight excluding hydrogens is 383 g/mol.